The average molecular weight is 331 g/mol. The van der Waals surface area contributed by atoms with Crippen LogP contribution in [0.5, 0.6) is 0 Å². The highest BCUT2D eigenvalue weighted by Gasteiger charge is 2.19. The summed E-state index contributed by atoms with van der Waals surface area (Å²) in [5, 5.41) is 19.9. The fourth-order valence-electron chi connectivity index (χ4n) is 2.18. The molecule has 0 heterocycles. The maximum atomic E-state index is 10.7. The van der Waals surface area contributed by atoms with Crippen molar-refractivity contribution >= 4 is 27.3 Å². The fraction of sp³-hybridized carbons (Fsp3) is 0.538. The Hall–Kier alpha value is -1.14. The van der Waals surface area contributed by atoms with Gasteiger partial charge in [-0.1, -0.05) is 13.8 Å². The van der Waals surface area contributed by atoms with Crippen LogP contribution >= 0.6 is 15.9 Å². The Bertz CT molecular complexity index is 436. The van der Waals surface area contributed by atoms with E-state index in [1.54, 1.807) is 6.07 Å². The van der Waals surface area contributed by atoms with Gasteiger partial charge in [-0.25, -0.2) is 0 Å². The first-order valence-corrected chi connectivity index (χ1v) is 7.15. The van der Waals surface area contributed by atoms with Gasteiger partial charge in [-0.3, -0.25) is 10.1 Å². The third kappa shape index (κ3) is 3.91. The molecule has 0 radical (unpaired) electrons. The molecule has 5 nitrogen and oxygen atoms in total. The molecule has 0 unspecified atom stereocenters. The Morgan fingerprint density at radius 3 is 2.47 bits per heavy atom. The molecule has 0 aliphatic heterocycles. The molecule has 0 spiro atoms. The van der Waals surface area contributed by atoms with Crippen molar-refractivity contribution in [2.75, 3.05) is 18.1 Å². The van der Waals surface area contributed by atoms with Crippen molar-refractivity contribution in [3.63, 3.8) is 0 Å². The maximum Gasteiger partial charge on any atom is 0.270 e. The predicted molar refractivity (Wildman–Crippen MR) is 79.6 cm³/mol. The fourth-order valence-corrected chi connectivity index (χ4v) is 2.77. The molecule has 19 heavy (non-hydrogen) atoms. The quantitative estimate of drug-likeness (QED) is 0.615. The van der Waals surface area contributed by atoms with E-state index in [4.69, 9.17) is 0 Å². The van der Waals surface area contributed by atoms with E-state index in [1.165, 1.54) is 12.1 Å². The lowest BCUT2D eigenvalue weighted by atomic mass is 10.1. The van der Waals surface area contributed by atoms with Crippen LogP contribution in [0.3, 0.4) is 0 Å². The van der Waals surface area contributed by atoms with Crippen molar-refractivity contribution in [2.24, 2.45) is 0 Å². The Labute approximate surface area is 121 Å². The van der Waals surface area contributed by atoms with Crippen LogP contribution in [0.2, 0.25) is 0 Å². The van der Waals surface area contributed by atoms with E-state index in [0.717, 1.165) is 18.5 Å². The summed E-state index contributed by atoms with van der Waals surface area (Å²) in [5.41, 5.74) is 0.942. The minimum absolute atomic E-state index is 0.0555. The summed E-state index contributed by atoms with van der Waals surface area (Å²) < 4.78 is 0.682. The standard InChI is InChI=1S/C13H19BrN2O3/c1-3-10(4-2)15(7-8-17)13-6-5-11(16(18)19)9-12(13)14/h5-6,9-10,17H,3-4,7-8H2,1-2H3. The van der Waals surface area contributed by atoms with Gasteiger partial charge in [0.05, 0.1) is 17.2 Å². The molecular formula is C13H19BrN2O3. The molecule has 0 aliphatic carbocycles. The molecule has 1 aromatic rings. The number of halogens is 1. The molecule has 0 bridgehead atoms. The SMILES string of the molecule is CCC(CC)N(CCO)c1ccc([N+](=O)[O-])cc1Br. The lowest BCUT2D eigenvalue weighted by Gasteiger charge is -2.32. The zero-order valence-electron chi connectivity index (χ0n) is 11.2. The second-order valence-electron chi connectivity index (χ2n) is 4.28. The molecule has 0 aliphatic rings. The van der Waals surface area contributed by atoms with Crippen molar-refractivity contribution < 1.29 is 10.0 Å². The van der Waals surface area contributed by atoms with Crippen molar-refractivity contribution in [3.05, 3.63) is 32.8 Å². The average Bonchev–Trinajstić information content (AvgIpc) is 2.39. The lowest BCUT2D eigenvalue weighted by molar-refractivity contribution is -0.384. The van der Waals surface area contributed by atoms with Gasteiger partial charge in [0.2, 0.25) is 0 Å². The topological polar surface area (TPSA) is 66.6 Å². The summed E-state index contributed by atoms with van der Waals surface area (Å²) >= 11 is 3.39. The zero-order chi connectivity index (χ0) is 14.4. The van der Waals surface area contributed by atoms with Crippen molar-refractivity contribution in [3.8, 4) is 0 Å². The highest BCUT2D eigenvalue weighted by atomic mass is 79.9. The van der Waals surface area contributed by atoms with Crippen LogP contribution in [-0.2, 0) is 0 Å². The molecule has 0 aromatic heterocycles. The van der Waals surface area contributed by atoms with Gasteiger partial charge in [-0.2, -0.15) is 0 Å². The van der Waals surface area contributed by atoms with Crippen LogP contribution in [0.1, 0.15) is 26.7 Å². The molecule has 0 saturated heterocycles. The summed E-state index contributed by atoms with van der Waals surface area (Å²) in [6, 6.07) is 5.04. The van der Waals surface area contributed by atoms with Crippen LogP contribution < -0.4 is 4.90 Å². The van der Waals surface area contributed by atoms with Crippen LogP contribution in [0.15, 0.2) is 22.7 Å². The van der Waals surface area contributed by atoms with E-state index in [0.29, 0.717) is 17.1 Å². The number of nitro benzene ring substituents is 1. The van der Waals surface area contributed by atoms with Crippen molar-refractivity contribution in [1.29, 1.82) is 0 Å². The molecule has 0 amide bonds. The Morgan fingerprint density at radius 2 is 2.05 bits per heavy atom. The highest BCUT2D eigenvalue weighted by molar-refractivity contribution is 9.10. The Morgan fingerprint density at radius 1 is 1.42 bits per heavy atom. The van der Waals surface area contributed by atoms with E-state index in [-0.39, 0.29) is 12.3 Å². The number of rotatable bonds is 7. The molecule has 1 aromatic carbocycles. The van der Waals surface area contributed by atoms with Crippen LogP contribution in [0.4, 0.5) is 11.4 Å². The summed E-state index contributed by atoms with van der Waals surface area (Å²) in [6.07, 6.45) is 1.92. The third-order valence-corrected chi connectivity index (χ3v) is 3.81. The molecule has 0 saturated carbocycles. The van der Waals surface area contributed by atoms with Gasteiger partial charge in [0.1, 0.15) is 0 Å². The van der Waals surface area contributed by atoms with E-state index in [1.807, 2.05) is 0 Å². The molecule has 1 rings (SSSR count). The van der Waals surface area contributed by atoms with E-state index >= 15 is 0 Å². The van der Waals surface area contributed by atoms with Gasteiger partial charge in [0, 0.05) is 29.2 Å². The van der Waals surface area contributed by atoms with Crippen molar-refractivity contribution in [1.82, 2.24) is 0 Å². The Balaban J connectivity index is 3.12. The summed E-state index contributed by atoms with van der Waals surface area (Å²) in [5.74, 6) is 0. The second kappa shape index (κ2) is 7.45. The molecule has 1 N–H and O–H groups in total. The third-order valence-electron chi connectivity index (χ3n) is 3.18. The number of aliphatic hydroxyl groups excluding tert-OH is 1. The van der Waals surface area contributed by atoms with E-state index < -0.39 is 4.92 Å². The lowest BCUT2D eigenvalue weighted by Crippen LogP contribution is -2.37. The highest BCUT2D eigenvalue weighted by Crippen LogP contribution is 2.32. The minimum atomic E-state index is -0.415. The van der Waals surface area contributed by atoms with Gasteiger partial charge >= 0.3 is 0 Å². The van der Waals surface area contributed by atoms with E-state index in [9.17, 15) is 15.2 Å². The number of aliphatic hydroxyl groups is 1. The minimum Gasteiger partial charge on any atom is -0.395 e. The monoisotopic (exact) mass is 330 g/mol. The molecule has 106 valence electrons. The number of hydrogen-bond donors (Lipinski definition) is 1. The number of anilines is 1. The smallest absolute Gasteiger partial charge is 0.270 e. The van der Waals surface area contributed by atoms with Crippen LogP contribution in [0.25, 0.3) is 0 Å². The van der Waals surface area contributed by atoms with Crippen LogP contribution in [-0.4, -0.2) is 29.2 Å². The van der Waals surface area contributed by atoms with Crippen LogP contribution in [0, 0.1) is 10.1 Å². The normalized spacial score (nSPS) is 10.8. The number of nitrogens with zero attached hydrogens (tertiary/aromatic N) is 2. The summed E-state index contributed by atoms with van der Waals surface area (Å²) in [6.45, 7) is 4.76. The van der Waals surface area contributed by atoms with Crippen molar-refractivity contribution in [2.45, 2.75) is 32.7 Å². The van der Waals surface area contributed by atoms with Gasteiger partial charge in [0.15, 0.2) is 0 Å². The van der Waals surface area contributed by atoms with Gasteiger partial charge < -0.3 is 10.0 Å². The summed E-state index contributed by atoms with van der Waals surface area (Å²) in [7, 11) is 0. The van der Waals surface area contributed by atoms with E-state index in [2.05, 4.69) is 34.7 Å². The predicted octanol–water partition coefficient (Wildman–Crippen LogP) is 3.34. The largest absolute Gasteiger partial charge is 0.395 e. The molecule has 0 atom stereocenters. The first-order valence-electron chi connectivity index (χ1n) is 6.36. The van der Waals surface area contributed by atoms with Gasteiger partial charge in [-0.15, -0.1) is 0 Å². The number of hydrogen-bond acceptors (Lipinski definition) is 4. The first kappa shape index (κ1) is 15.9. The Kier molecular flexibility index (Phi) is 6.24. The van der Waals surface area contributed by atoms with Gasteiger partial charge in [0.25, 0.3) is 5.69 Å². The number of nitro groups is 1. The molecule has 6 heteroatoms. The molecule has 0 fully saturated rings. The number of benzene rings is 1. The summed E-state index contributed by atoms with van der Waals surface area (Å²) in [4.78, 5) is 12.4. The maximum absolute atomic E-state index is 10.7. The number of non-ortho nitro benzene ring substituents is 1. The van der Waals surface area contributed by atoms with Gasteiger partial charge in [-0.05, 0) is 34.8 Å². The first-order chi connectivity index (χ1) is 9.04. The molecular weight excluding hydrogens is 312 g/mol. The second-order valence-corrected chi connectivity index (χ2v) is 5.13. The zero-order valence-corrected chi connectivity index (χ0v) is 12.8.